The van der Waals surface area contributed by atoms with E-state index in [4.69, 9.17) is 4.74 Å². The second-order valence-electron chi connectivity index (χ2n) is 8.23. The van der Waals surface area contributed by atoms with E-state index in [-0.39, 0.29) is 5.82 Å². The number of aromatic nitrogens is 4. The van der Waals surface area contributed by atoms with E-state index in [0.29, 0.717) is 18.9 Å². The Balaban J connectivity index is 1.62. The molecule has 0 atom stereocenters. The Morgan fingerprint density at radius 1 is 1.06 bits per heavy atom. The maximum absolute atomic E-state index is 14.0. The molecule has 1 aromatic carbocycles. The fourth-order valence-electron chi connectivity index (χ4n) is 3.95. The summed E-state index contributed by atoms with van der Waals surface area (Å²) in [4.78, 5) is 2.04. The first-order valence-electron chi connectivity index (χ1n) is 10.4. The van der Waals surface area contributed by atoms with E-state index in [0.717, 1.165) is 29.0 Å². The van der Waals surface area contributed by atoms with Crippen LogP contribution in [-0.4, -0.2) is 44.8 Å². The molecule has 3 aromatic heterocycles. The first-order chi connectivity index (χ1) is 14.8. The van der Waals surface area contributed by atoms with Gasteiger partial charge in [-0.15, -0.1) is 10.2 Å². The molecule has 0 aliphatic rings. The topological polar surface area (TPSA) is 47.6 Å². The van der Waals surface area contributed by atoms with Crippen LogP contribution in [0.2, 0.25) is 0 Å². The predicted molar refractivity (Wildman–Crippen MR) is 120 cm³/mol. The monoisotopic (exact) mass is 421 g/mol. The van der Waals surface area contributed by atoms with Gasteiger partial charge in [0.1, 0.15) is 11.6 Å². The largest absolute Gasteiger partial charge is 0.492 e. The van der Waals surface area contributed by atoms with Crippen molar-refractivity contribution < 1.29 is 9.13 Å². The van der Waals surface area contributed by atoms with Gasteiger partial charge >= 0.3 is 0 Å². The number of rotatable bonds is 7. The summed E-state index contributed by atoms with van der Waals surface area (Å²) in [6.07, 6.45) is 4.88. The van der Waals surface area contributed by atoms with Crippen LogP contribution in [0.5, 0.6) is 5.75 Å². The van der Waals surface area contributed by atoms with Crippen molar-refractivity contribution in [2.45, 2.75) is 26.8 Å². The zero-order valence-corrected chi connectivity index (χ0v) is 18.7. The lowest BCUT2D eigenvalue weighted by molar-refractivity contribution is 0.321. The third-order valence-electron chi connectivity index (χ3n) is 5.62. The maximum Gasteiger partial charge on any atom is 0.160 e. The summed E-state index contributed by atoms with van der Waals surface area (Å²) in [6.45, 7) is 5.36. The lowest BCUT2D eigenvalue weighted by Crippen LogP contribution is -2.13. The van der Waals surface area contributed by atoms with E-state index < -0.39 is 0 Å². The number of hydrogen-bond donors (Lipinski definition) is 0. The molecule has 0 fully saturated rings. The first-order valence-corrected chi connectivity index (χ1v) is 10.4. The SMILES string of the molecule is Cc1cn(C)c(C)c1CCOc1cc(F)ccc1-c1ccc2nnc(CN(C)C)n2c1. The highest BCUT2D eigenvalue weighted by atomic mass is 19.1. The third-order valence-corrected chi connectivity index (χ3v) is 5.62. The van der Waals surface area contributed by atoms with Crippen LogP contribution in [0.4, 0.5) is 4.39 Å². The number of nitrogens with zero attached hydrogens (tertiary/aromatic N) is 5. The van der Waals surface area contributed by atoms with Crippen LogP contribution in [0.1, 0.15) is 22.6 Å². The number of ether oxygens (including phenoxy) is 1. The van der Waals surface area contributed by atoms with Crippen LogP contribution in [-0.2, 0) is 20.0 Å². The van der Waals surface area contributed by atoms with Crippen molar-refractivity contribution in [1.29, 1.82) is 0 Å². The molecule has 0 aliphatic carbocycles. The molecule has 4 aromatic rings. The quantitative estimate of drug-likeness (QED) is 0.449. The third kappa shape index (κ3) is 4.32. The van der Waals surface area contributed by atoms with Crippen molar-refractivity contribution in [3.05, 3.63) is 71.2 Å². The van der Waals surface area contributed by atoms with Crippen molar-refractivity contribution >= 4 is 5.65 Å². The van der Waals surface area contributed by atoms with Gasteiger partial charge in [0.2, 0.25) is 0 Å². The van der Waals surface area contributed by atoms with Crippen molar-refractivity contribution in [2.24, 2.45) is 7.05 Å². The van der Waals surface area contributed by atoms with E-state index >= 15 is 0 Å². The highest BCUT2D eigenvalue weighted by Crippen LogP contribution is 2.31. The molecule has 4 rings (SSSR count). The molecule has 0 amide bonds. The van der Waals surface area contributed by atoms with Gasteiger partial charge in [0, 0.05) is 48.7 Å². The Morgan fingerprint density at radius 2 is 1.87 bits per heavy atom. The number of benzene rings is 1. The number of fused-ring (bicyclic) bond motifs is 1. The summed E-state index contributed by atoms with van der Waals surface area (Å²) >= 11 is 0. The Kier molecular flexibility index (Phi) is 5.78. The molecule has 0 N–H and O–H groups in total. The normalized spacial score (nSPS) is 11.6. The molecule has 0 radical (unpaired) electrons. The number of halogens is 1. The Labute approximate surface area is 181 Å². The minimum Gasteiger partial charge on any atom is -0.492 e. The van der Waals surface area contributed by atoms with Crippen LogP contribution in [0.3, 0.4) is 0 Å². The lowest BCUT2D eigenvalue weighted by Gasteiger charge is -2.13. The minimum atomic E-state index is -0.315. The molecule has 3 heterocycles. The molecule has 0 spiro atoms. The molecule has 0 saturated heterocycles. The molecular formula is C24H28FN5O. The van der Waals surface area contributed by atoms with Crippen LogP contribution >= 0.6 is 0 Å². The smallest absolute Gasteiger partial charge is 0.160 e. The summed E-state index contributed by atoms with van der Waals surface area (Å²) in [6, 6.07) is 8.57. The molecule has 31 heavy (non-hydrogen) atoms. The Bertz CT molecular complexity index is 1220. The highest BCUT2D eigenvalue weighted by molar-refractivity contribution is 5.71. The molecule has 162 valence electrons. The summed E-state index contributed by atoms with van der Waals surface area (Å²) in [5.41, 5.74) is 6.30. The van der Waals surface area contributed by atoms with E-state index in [1.165, 1.54) is 29.0 Å². The highest BCUT2D eigenvalue weighted by Gasteiger charge is 2.13. The van der Waals surface area contributed by atoms with Gasteiger partial charge in [0.05, 0.1) is 13.2 Å². The zero-order chi connectivity index (χ0) is 22.1. The fourth-order valence-corrected chi connectivity index (χ4v) is 3.95. The first kappa shape index (κ1) is 21.1. The Morgan fingerprint density at radius 3 is 2.58 bits per heavy atom. The second kappa shape index (κ2) is 8.51. The molecular weight excluding hydrogens is 393 g/mol. The average molecular weight is 422 g/mol. The molecule has 0 unspecified atom stereocenters. The molecule has 0 saturated carbocycles. The summed E-state index contributed by atoms with van der Waals surface area (Å²) < 4.78 is 24.2. The van der Waals surface area contributed by atoms with Crippen LogP contribution in [0.15, 0.2) is 42.7 Å². The number of hydrogen-bond acceptors (Lipinski definition) is 4. The van der Waals surface area contributed by atoms with Gasteiger partial charge in [-0.1, -0.05) is 0 Å². The van der Waals surface area contributed by atoms with Gasteiger partial charge in [-0.2, -0.15) is 0 Å². The summed E-state index contributed by atoms with van der Waals surface area (Å²) in [5.74, 6) is 1.07. The van der Waals surface area contributed by atoms with Gasteiger partial charge in [-0.25, -0.2) is 4.39 Å². The second-order valence-corrected chi connectivity index (χ2v) is 8.23. The maximum atomic E-state index is 14.0. The van der Waals surface area contributed by atoms with E-state index in [2.05, 4.69) is 34.8 Å². The average Bonchev–Trinajstić information content (AvgIpc) is 3.22. The number of pyridine rings is 1. The molecule has 0 aliphatic heterocycles. The van der Waals surface area contributed by atoms with Crippen LogP contribution in [0.25, 0.3) is 16.8 Å². The molecule has 0 bridgehead atoms. The van der Waals surface area contributed by atoms with Gasteiger partial charge in [0.25, 0.3) is 0 Å². The van der Waals surface area contributed by atoms with Gasteiger partial charge in [0.15, 0.2) is 11.5 Å². The van der Waals surface area contributed by atoms with Gasteiger partial charge in [-0.05, 0) is 63.3 Å². The molecule has 7 heteroatoms. The van der Waals surface area contributed by atoms with Crippen LogP contribution < -0.4 is 4.74 Å². The van der Waals surface area contributed by atoms with E-state index in [1.807, 2.05) is 48.8 Å². The fraction of sp³-hybridized carbons (Fsp3) is 0.333. The lowest BCUT2D eigenvalue weighted by atomic mass is 10.1. The number of aryl methyl sites for hydroxylation is 2. The van der Waals surface area contributed by atoms with Gasteiger partial charge in [-0.3, -0.25) is 4.40 Å². The van der Waals surface area contributed by atoms with Crippen molar-refractivity contribution in [3.63, 3.8) is 0 Å². The molecule has 6 nitrogen and oxygen atoms in total. The van der Waals surface area contributed by atoms with Crippen molar-refractivity contribution in [1.82, 2.24) is 24.1 Å². The van der Waals surface area contributed by atoms with Crippen molar-refractivity contribution in [3.8, 4) is 16.9 Å². The summed E-state index contributed by atoms with van der Waals surface area (Å²) in [7, 11) is 6.03. The predicted octanol–water partition coefficient (Wildman–Crippen LogP) is 4.17. The van der Waals surface area contributed by atoms with Crippen molar-refractivity contribution in [2.75, 3.05) is 20.7 Å². The van der Waals surface area contributed by atoms with Gasteiger partial charge < -0.3 is 14.2 Å². The van der Waals surface area contributed by atoms with E-state index in [9.17, 15) is 4.39 Å². The standard InChI is InChI=1S/C24H28FN5O/c1-16-13-29(5)17(2)20(16)10-11-31-22-12-19(25)7-8-21(22)18-6-9-23-26-27-24(15-28(3)4)30(23)14-18/h6-9,12-14H,10-11,15H2,1-5H3. The zero-order valence-electron chi connectivity index (χ0n) is 18.7. The Hall–Kier alpha value is -3.19. The summed E-state index contributed by atoms with van der Waals surface area (Å²) in [5, 5.41) is 8.52. The minimum absolute atomic E-state index is 0.315. The van der Waals surface area contributed by atoms with E-state index in [1.54, 1.807) is 6.07 Å². The van der Waals surface area contributed by atoms with Crippen LogP contribution in [0, 0.1) is 19.7 Å².